The highest BCUT2D eigenvalue weighted by Gasteiger charge is 2.23. The fraction of sp³-hybridized carbons (Fsp3) is 0.381. The Morgan fingerprint density at radius 2 is 2.11 bits per heavy atom. The number of anilines is 1. The molecule has 3 aromatic rings. The van der Waals surface area contributed by atoms with Gasteiger partial charge in [0, 0.05) is 55.9 Å². The van der Waals surface area contributed by atoms with Gasteiger partial charge in [0.15, 0.2) is 5.65 Å². The van der Waals surface area contributed by atoms with Crippen LogP contribution in [0.15, 0.2) is 42.6 Å². The highest BCUT2D eigenvalue weighted by atomic mass is 16.1. The average molecular weight is 378 g/mol. The normalized spacial score (nSPS) is 16.4. The smallest absolute Gasteiger partial charge is 0.251 e. The number of pyridine rings is 1. The van der Waals surface area contributed by atoms with E-state index in [0.29, 0.717) is 24.6 Å². The largest absolute Gasteiger partial charge is 0.378 e. The molecule has 1 aliphatic heterocycles. The highest BCUT2D eigenvalue weighted by molar-refractivity contribution is 5.94. The van der Waals surface area contributed by atoms with E-state index in [1.165, 1.54) is 0 Å². The first kappa shape index (κ1) is 18.4. The molecule has 1 fully saturated rings. The summed E-state index contributed by atoms with van der Waals surface area (Å²) in [6.07, 6.45) is 2.89. The minimum absolute atomic E-state index is 0.0741. The number of carbonyl (C=O) groups is 1. The molecule has 3 heterocycles. The number of fused-ring (bicyclic) bond motifs is 1. The maximum atomic E-state index is 12.4. The molecule has 1 aliphatic rings. The lowest BCUT2D eigenvalue weighted by Crippen LogP contribution is -2.27. The van der Waals surface area contributed by atoms with E-state index in [-0.39, 0.29) is 5.91 Å². The molecule has 7 nitrogen and oxygen atoms in total. The Morgan fingerprint density at radius 3 is 2.82 bits per heavy atom. The molecule has 1 saturated heterocycles. The van der Waals surface area contributed by atoms with Crippen LogP contribution < -0.4 is 15.5 Å². The standard InChI is InChI=1S/C21H26N6O/c1-26(2)17-7-5-15(6-8-17)21(28)24-12-13-27-20-18(4-3-10-23-20)19(25-27)16-9-11-22-14-16/h3-8,10,16,22H,9,11-14H2,1-2H3,(H,24,28). The second-order valence-electron chi connectivity index (χ2n) is 7.37. The van der Waals surface area contributed by atoms with E-state index < -0.39 is 0 Å². The van der Waals surface area contributed by atoms with Crippen LogP contribution in [0.2, 0.25) is 0 Å². The van der Waals surface area contributed by atoms with Gasteiger partial charge < -0.3 is 15.5 Å². The van der Waals surface area contributed by atoms with E-state index in [1.807, 2.05) is 54.0 Å². The van der Waals surface area contributed by atoms with Crippen LogP contribution in [0.4, 0.5) is 5.69 Å². The molecule has 7 heteroatoms. The SMILES string of the molecule is CN(C)c1ccc(C(=O)NCCn2nc(C3CCNC3)c3cccnc32)cc1. The van der Waals surface area contributed by atoms with Crippen molar-refractivity contribution < 1.29 is 4.79 Å². The summed E-state index contributed by atoms with van der Waals surface area (Å²) in [6.45, 7) is 3.09. The number of benzene rings is 1. The van der Waals surface area contributed by atoms with Crippen molar-refractivity contribution in [1.82, 2.24) is 25.4 Å². The Labute approximate surface area is 164 Å². The molecule has 4 rings (SSSR count). The molecule has 2 N–H and O–H groups in total. The molecular formula is C21H26N6O. The second-order valence-corrected chi connectivity index (χ2v) is 7.37. The van der Waals surface area contributed by atoms with Crippen LogP contribution in [0.1, 0.15) is 28.4 Å². The first-order valence-electron chi connectivity index (χ1n) is 9.71. The lowest BCUT2D eigenvalue weighted by atomic mass is 10.0. The van der Waals surface area contributed by atoms with Gasteiger partial charge in [-0.2, -0.15) is 5.10 Å². The van der Waals surface area contributed by atoms with Gasteiger partial charge in [0.1, 0.15) is 0 Å². The van der Waals surface area contributed by atoms with E-state index in [9.17, 15) is 4.79 Å². The van der Waals surface area contributed by atoms with Crippen molar-refractivity contribution in [1.29, 1.82) is 0 Å². The number of nitrogens with zero attached hydrogens (tertiary/aromatic N) is 4. The van der Waals surface area contributed by atoms with Crippen LogP contribution in [0.3, 0.4) is 0 Å². The van der Waals surface area contributed by atoms with Gasteiger partial charge in [0.25, 0.3) is 5.91 Å². The first-order chi connectivity index (χ1) is 13.6. The Kier molecular flexibility index (Phi) is 5.25. The first-order valence-corrected chi connectivity index (χ1v) is 9.71. The van der Waals surface area contributed by atoms with E-state index in [2.05, 4.69) is 21.7 Å². The maximum absolute atomic E-state index is 12.4. The number of amides is 1. The van der Waals surface area contributed by atoms with Gasteiger partial charge >= 0.3 is 0 Å². The summed E-state index contributed by atoms with van der Waals surface area (Å²) in [7, 11) is 3.96. The van der Waals surface area contributed by atoms with Gasteiger partial charge in [0.05, 0.1) is 12.2 Å². The van der Waals surface area contributed by atoms with E-state index in [0.717, 1.165) is 41.9 Å². The molecule has 28 heavy (non-hydrogen) atoms. The predicted octanol–water partition coefficient (Wildman–Crippen LogP) is 2.00. The zero-order valence-electron chi connectivity index (χ0n) is 16.4. The topological polar surface area (TPSA) is 75.1 Å². The van der Waals surface area contributed by atoms with Crippen molar-refractivity contribution in [2.45, 2.75) is 18.9 Å². The summed E-state index contributed by atoms with van der Waals surface area (Å²) >= 11 is 0. The Morgan fingerprint density at radius 1 is 1.29 bits per heavy atom. The summed E-state index contributed by atoms with van der Waals surface area (Å²) in [5.74, 6) is 0.354. The third-order valence-corrected chi connectivity index (χ3v) is 5.24. The summed E-state index contributed by atoms with van der Waals surface area (Å²) in [4.78, 5) is 18.9. The zero-order valence-corrected chi connectivity index (χ0v) is 16.4. The van der Waals surface area contributed by atoms with Crippen molar-refractivity contribution in [2.24, 2.45) is 0 Å². The molecule has 0 bridgehead atoms. The third kappa shape index (κ3) is 3.71. The number of rotatable bonds is 6. The minimum atomic E-state index is -0.0741. The van der Waals surface area contributed by atoms with Gasteiger partial charge in [-0.1, -0.05) is 0 Å². The number of aromatic nitrogens is 3. The fourth-order valence-electron chi connectivity index (χ4n) is 3.67. The lowest BCUT2D eigenvalue weighted by Gasteiger charge is -2.12. The molecule has 0 aliphatic carbocycles. The van der Waals surface area contributed by atoms with Crippen molar-refractivity contribution in [3.8, 4) is 0 Å². The van der Waals surface area contributed by atoms with Crippen LogP contribution in [0, 0.1) is 0 Å². The van der Waals surface area contributed by atoms with Gasteiger partial charge in [-0.05, 0) is 49.4 Å². The van der Waals surface area contributed by atoms with Crippen molar-refractivity contribution >= 4 is 22.6 Å². The van der Waals surface area contributed by atoms with Crippen molar-refractivity contribution in [3.05, 3.63) is 53.9 Å². The summed E-state index contributed by atoms with van der Waals surface area (Å²) < 4.78 is 1.92. The summed E-state index contributed by atoms with van der Waals surface area (Å²) in [5, 5.41) is 12.3. The van der Waals surface area contributed by atoms with E-state index in [1.54, 1.807) is 6.20 Å². The van der Waals surface area contributed by atoms with E-state index >= 15 is 0 Å². The molecular weight excluding hydrogens is 352 g/mol. The fourth-order valence-corrected chi connectivity index (χ4v) is 3.67. The zero-order chi connectivity index (χ0) is 19.5. The van der Waals surface area contributed by atoms with E-state index in [4.69, 9.17) is 5.10 Å². The lowest BCUT2D eigenvalue weighted by molar-refractivity contribution is 0.0952. The van der Waals surface area contributed by atoms with Crippen LogP contribution in [-0.4, -0.2) is 54.4 Å². The molecule has 0 radical (unpaired) electrons. The quantitative estimate of drug-likeness (QED) is 0.686. The number of hydrogen-bond acceptors (Lipinski definition) is 5. The average Bonchev–Trinajstić information content (AvgIpc) is 3.36. The van der Waals surface area contributed by atoms with Gasteiger partial charge in [-0.3, -0.25) is 4.79 Å². The van der Waals surface area contributed by atoms with Crippen LogP contribution in [0.5, 0.6) is 0 Å². The number of hydrogen-bond donors (Lipinski definition) is 2. The number of nitrogens with one attached hydrogen (secondary N) is 2. The van der Waals surface area contributed by atoms with Crippen molar-refractivity contribution in [3.63, 3.8) is 0 Å². The van der Waals surface area contributed by atoms with Gasteiger partial charge in [0.2, 0.25) is 0 Å². The Bertz CT molecular complexity index is 957. The minimum Gasteiger partial charge on any atom is -0.378 e. The molecule has 0 saturated carbocycles. The third-order valence-electron chi connectivity index (χ3n) is 5.24. The monoisotopic (exact) mass is 378 g/mol. The molecule has 2 aromatic heterocycles. The maximum Gasteiger partial charge on any atom is 0.251 e. The molecule has 146 valence electrons. The highest BCUT2D eigenvalue weighted by Crippen LogP contribution is 2.27. The van der Waals surface area contributed by atoms with Crippen LogP contribution >= 0.6 is 0 Å². The van der Waals surface area contributed by atoms with Gasteiger partial charge in [-0.15, -0.1) is 0 Å². The molecule has 0 spiro atoms. The second kappa shape index (κ2) is 7.98. The molecule has 1 unspecified atom stereocenters. The summed E-state index contributed by atoms with van der Waals surface area (Å²) in [5.41, 5.74) is 3.72. The van der Waals surface area contributed by atoms with Crippen molar-refractivity contribution in [2.75, 3.05) is 38.6 Å². The van der Waals surface area contributed by atoms with Crippen LogP contribution in [-0.2, 0) is 6.54 Å². The molecule has 1 atom stereocenters. The Balaban J connectivity index is 1.43. The molecule has 1 aromatic carbocycles. The number of carbonyl (C=O) groups excluding carboxylic acids is 1. The Hall–Kier alpha value is -2.93. The molecule has 1 amide bonds. The van der Waals surface area contributed by atoms with Crippen LogP contribution in [0.25, 0.3) is 11.0 Å². The summed E-state index contributed by atoms with van der Waals surface area (Å²) in [6, 6.07) is 11.6. The van der Waals surface area contributed by atoms with Gasteiger partial charge in [-0.25, -0.2) is 9.67 Å². The predicted molar refractivity (Wildman–Crippen MR) is 111 cm³/mol.